The Balaban J connectivity index is 3.84. The number of aliphatic hydroxyl groups excluding tert-OH is 1. The van der Waals surface area contributed by atoms with Gasteiger partial charge in [-0.05, 0) is 38.1 Å². The lowest BCUT2D eigenvalue weighted by Gasteiger charge is -2.29. The molecule has 0 saturated carbocycles. The number of hydrogen-bond donors (Lipinski definition) is 3. The van der Waals surface area contributed by atoms with Gasteiger partial charge in [0.2, 0.25) is 0 Å². The molecule has 0 amide bonds. The van der Waals surface area contributed by atoms with Crippen LogP contribution >= 0.6 is 0 Å². The first-order chi connectivity index (χ1) is 7.44. The lowest BCUT2D eigenvalue weighted by molar-refractivity contribution is 0.0133. The summed E-state index contributed by atoms with van der Waals surface area (Å²) in [5.41, 5.74) is -0.643. The maximum Gasteiger partial charge on any atom is 0.0766 e. The van der Waals surface area contributed by atoms with Gasteiger partial charge in [-0.3, -0.25) is 0 Å². The Bertz CT molecular complexity index is 163. The standard InChI is InChI=1S/C13H29NO2/c1-5-6-12(7-8-15)9-14-10-13(4,16)11(2)3/h11-12,14-16H,5-10H2,1-4H3. The van der Waals surface area contributed by atoms with Crippen LogP contribution in [-0.2, 0) is 0 Å². The minimum Gasteiger partial charge on any atom is -0.396 e. The lowest BCUT2D eigenvalue weighted by Crippen LogP contribution is -2.43. The maximum absolute atomic E-state index is 10.1. The van der Waals surface area contributed by atoms with Crippen LogP contribution in [0.1, 0.15) is 47.0 Å². The topological polar surface area (TPSA) is 52.5 Å². The average Bonchev–Trinajstić information content (AvgIpc) is 2.17. The molecule has 0 radical (unpaired) electrons. The Morgan fingerprint density at radius 2 is 1.88 bits per heavy atom. The zero-order chi connectivity index (χ0) is 12.6. The highest BCUT2D eigenvalue weighted by atomic mass is 16.3. The van der Waals surface area contributed by atoms with E-state index in [1.807, 2.05) is 20.8 Å². The predicted octanol–water partition coefficient (Wildman–Crippen LogP) is 1.78. The van der Waals surface area contributed by atoms with Crippen molar-refractivity contribution in [3.63, 3.8) is 0 Å². The van der Waals surface area contributed by atoms with Crippen molar-refractivity contribution < 1.29 is 10.2 Å². The smallest absolute Gasteiger partial charge is 0.0766 e. The van der Waals surface area contributed by atoms with Crippen molar-refractivity contribution in [1.82, 2.24) is 5.32 Å². The number of aliphatic hydroxyl groups is 2. The molecule has 0 aliphatic heterocycles. The summed E-state index contributed by atoms with van der Waals surface area (Å²) < 4.78 is 0. The van der Waals surface area contributed by atoms with Gasteiger partial charge in [0.1, 0.15) is 0 Å². The quantitative estimate of drug-likeness (QED) is 0.567. The molecule has 0 aromatic heterocycles. The number of hydrogen-bond acceptors (Lipinski definition) is 3. The van der Waals surface area contributed by atoms with Crippen LogP contribution in [0.15, 0.2) is 0 Å². The van der Waals surface area contributed by atoms with E-state index in [9.17, 15) is 5.11 Å². The van der Waals surface area contributed by atoms with Crippen LogP contribution in [0.3, 0.4) is 0 Å². The zero-order valence-corrected chi connectivity index (χ0v) is 11.3. The first-order valence-corrected chi connectivity index (χ1v) is 6.48. The molecule has 3 heteroatoms. The van der Waals surface area contributed by atoms with E-state index in [1.54, 1.807) is 0 Å². The monoisotopic (exact) mass is 231 g/mol. The number of nitrogens with one attached hydrogen (secondary N) is 1. The van der Waals surface area contributed by atoms with Crippen LogP contribution in [0, 0.1) is 11.8 Å². The van der Waals surface area contributed by atoms with Gasteiger partial charge in [0.15, 0.2) is 0 Å². The molecule has 0 heterocycles. The van der Waals surface area contributed by atoms with Gasteiger partial charge in [-0.1, -0.05) is 27.2 Å². The molecule has 0 saturated heterocycles. The van der Waals surface area contributed by atoms with E-state index in [0.29, 0.717) is 12.5 Å². The third kappa shape index (κ3) is 6.46. The van der Waals surface area contributed by atoms with Gasteiger partial charge in [-0.2, -0.15) is 0 Å². The second-order valence-corrected chi connectivity index (χ2v) is 5.31. The Hall–Kier alpha value is -0.120. The van der Waals surface area contributed by atoms with Gasteiger partial charge in [0.25, 0.3) is 0 Å². The minimum absolute atomic E-state index is 0.252. The fourth-order valence-electron chi connectivity index (χ4n) is 1.67. The molecular formula is C13H29NO2. The van der Waals surface area contributed by atoms with E-state index in [2.05, 4.69) is 12.2 Å². The van der Waals surface area contributed by atoms with Crippen molar-refractivity contribution in [2.24, 2.45) is 11.8 Å². The van der Waals surface area contributed by atoms with E-state index < -0.39 is 5.60 Å². The van der Waals surface area contributed by atoms with Crippen molar-refractivity contribution in [2.75, 3.05) is 19.7 Å². The highest BCUT2D eigenvalue weighted by Gasteiger charge is 2.24. The van der Waals surface area contributed by atoms with Gasteiger partial charge in [0.05, 0.1) is 5.60 Å². The average molecular weight is 231 g/mol. The van der Waals surface area contributed by atoms with E-state index >= 15 is 0 Å². The van der Waals surface area contributed by atoms with Crippen LogP contribution in [0.4, 0.5) is 0 Å². The molecule has 16 heavy (non-hydrogen) atoms. The van der Waals surface area contributed by atoms with Gasteiger partial charge in [-0.25, -0.2) is 0 Å². The Morgan fingerprint density at radius 3 is 2.31 bits per heavy atom. The molecule has 0 spiro atoms. The molecule has 0 aliphatic carbocycles. The van der Waals surface area contributed by atoms with Gasteiger partial charge in [0, 0.05) is 13.2 Å². The van der Waals surface area contributed by atoms with E-state index in [1.165, 1.54) is 0 Å². The van der Waals surface area contributed by atoms with Crippen molar-refractivity contribution in [1.29, 1.82) is 0 Å². The molecule has 0 aromatic rings. The summed E-state index contributed by atoms with van der Waals surface area (Å²) in [5.74, 6) is 0.778. The van der Waals surface area contributed by atoms with Crippen LogP contribution in [0.2, 0.25) is 0 Å². The number of rotatable bonds is 9. The molecule has 3 N–H and O–H groups in total. The van der Waals surface area contributed by atoms with E-state index in [4.69, 9.17) is 5.11 Å². The second kappa shape index (κ2) is 8.04. The highest BCUT2D eigenvalue weighted by Crippen LogP contribution is 2.15. The molecule has 2 unspecified atom stereocenters. The first kappa shape index (κ1) is 15.9. The van der Waals surface area contributed by atoms with Gasteiger partial charge < -0.3 is 15.5 Å². The summed E-state index contributed by atoms with van der Waals surface area (Å²) in [4.78, 5) is 0. The molecule has 0 fully saturated rings. The summed E-state index contributed by atoms with van der Waals surface area (Å²) in [7, 11) is 0. The van der Waals surface area contributed by atoms with Crippen molar-refractivity contribution in [2.45, 2.75) is 52.6 Å². The molecule has 0 aliphatic rings. The Morgan fingerprint density at radius 1 is 1.25 bits per heavy atom. The van der Waals surface area contributed by atoms with Crippen LogP contribution < -0.4 is 5.32 Å². The van der Waals surface area contributed by atoms with Crippen LogP contribution in [0.25, 0.3) is 0 Å². The van der Waals surface area contributed by atoms with Crippen LogP contribution in [-0.4, -0.2) is 35.5 Å². The molecule has 0 rings (SSSR count). The Labute approximate surface area is 100 Å². The summed E-state index contributed by atoms with van der Waals surface area (Å²) in [6.07, 6.45) is 3.13. The molecule has 0 aromatic carbocycles. The van der Waals surface area contributed by atoms with Gasteiger partial charge in [-0.15, -0.1) is 0 Å². The lowest BCUT2D eigenvalue weighted by atomic mass is 9.92. The second-order valence-electron chi connectivity index (χ2n) is 5.31. The summed E-state index contributed by atoms with van der Waals surface area (Å²) in [6, 6.07) is 0. The molecule has 3 nitrogen and oxygen atoms in total. The normalized spacial score (nSPS) is 17.4. The Kier molecular flexibility index (Phi) is 7.98. The first-order valence-electron chi connectivity index (χ1n) is 6.48. The molecule has 0 bridgehead atoms. The van der Waals surface area contributed by atoms with Crippen LogP contribution in [0.5, 0.6) is 0 Å². The molecule has 2 atom stereocenters. The van der Waals surface area contributed by atoms with Crippen molar-refractivity contribution >= 4 is 0 Å². The van der Waals surface area contributed by atoms with E-state index in [-0.39, 0.29) is 12.5 Å². The summed E-state index contributed by atoms with van der Waals surface area (Å²) in [5, 5.41) is 22.3. The third-order valence-electron chi connectivity index (χ3n) is 3.39. The van der Waals surface area contributed by atoms with E-state index in [0.717, 1.165) is 25.8 Å². The third-order valence-corrected chi connectivity index (χ3v) is 3.39. The fourth-order valence-corrected chi connectivity index (χ4v) is 1.67. The minimum atomic E-state index is -0.643. The van der Waals surface area contributed by atoms with Gasteiger partial charge >= 0.3 is 0 Å². The maximum atomic E-state index is 10.1. The highest BCUT2D eigenvalue weighted by molar-refractivity contribution is 4.79. The SMILES string of the molecule is CCCC(CCO)CNCC(C)(O)C(C)C. The largest absolute Gasteiger partial charge is 0.396 e. The van der Waals surface area contributed by atoms with Crippen molar-refractivity contribution in [3.8, 4) is 0 Å². The molecular weight excluding hydrogens is 202 g/mol. The summed E-state index contributed by atoms with van der Waals surface area (Å²) >= 11 is 0. The summed E-state index contributed by atoms with van der Waals surface area (Å²) in [6.45, 7) is 9.85. The van der Waals surface area contributed by atoms with Crippen molar-refractivity contribution in [3.05, 3.63) is 0 Å². The zero-order valence-electron chi connectivity index (χ0n) is 11.3. The molecule has 98 valence electrons. The fraction of sp³-hybridized carbons (Fsp3) is 1.00. The predicted molar refractivity (Wildman–Crippen MR) is 68.4 cm³/mol.